The van der Waals surface area contributed by atoms with Gasteiger partial charge in [-0.2, -0.15) is 4.98 Å². The highest BCUT2D eigenvalue weighted by Gasteiger charge is 2.24. The standard InChI is InChI=1S/C19H30N4O2S/c1-3-21(4-2)12-13-23-16-9-7-8-15(16)18(20-19(23)25)26-14-17(24)22-10-5-6-11-22/h3-14H2,1-2H3. The molecule has 0 spiro atoms. The Balaban J connectivity index is 1.72. The van der Waals surface area contributed by atoms with Gasteiger partial charge in [0.2, 0.25) is 5.91 Å². The van der Waals surface area contributed by atoms with E-state index >= 15 is 0 Å². The Morgan fingerprint density at radius 3 is 2.58 bits per heavy atom. The maximum Gasteiger partial charge on any atom is 0.348 e. The molecule has 2 aliphatic rings. The van der Waals surface area contributed by atoms with E-state index < -0.39 is 0 Å². The number of hydrogen-bond donors (Lipinski definition) is 0. The van der Waals surface area contributed by atoms with Gasteiger partial charge in [-0.15, -0.1) is 0 Å². The Morgan fingerprint density at radius 2 is 1.88 bits per heavy atom. The van der Waals surface area contributed by atoms with Gasteiger partial charge in [-0.05, 0) is 45.2 Å². The summed E-state index contributed by atoms with van der Waals surface area (Å²) in [5, 5.41) is 0.786. The SMILES string of the molecule is CCN(CC)CCn1c2c(c(SCC(=O)N3CCCC3)nc1=O)CCC2. The van der Waals surface area contributed by atoms with Crippen LogP contribution in [0.5, 0.6) is 0 Å². The van der Waals surface area contributed by atoms with Crippen molar-refractivity contribution in [3.63, 3.8) is 0 Å². The Morgan fingerprint density at radius 1 is 1.15 bits per heavy atom. The molecule has 1 saturated heterocycles. The molecule has 0 saturated carbocycles. The van der Waals surface area contributed by atoms with Crippen LogP contribution in [0.15, 0.2) is 9.82 Å². The van der Waals surface area contributed by atoms with Crippen molar-refractivity contribution < 1.29 is 4.79 Å². The first kappa shape index (κ1) is 19.4. The van der Waals surface area contributed by atoms with Crippen molar-refractivity contribution in [1.82, 2.24) is 19.4 Å². The van der Waals surface area contributed by atoms with E-state index in [0.717, 1.165) is 75.5 Å². The average Bonchev–Trinajstić information content (AvgIpc) is 3.33. The monoisotopic (exact) mass is 378 g/mol. The molecule has 0 radical (unpaired) electrons. The number of hydrogen-bond acceptors (Lipinski definition) is 5. The summed E-state index contributed by atoms with van der Waals surface area (Å²) in [6.45, 7) is 9.60. The first-order valence-corrected chi connectivity index (χ1v) is 10.9. The average molecular weight is 379 g/mol. The van der Waals surface area contributed by atoms with Crippen LogP contribution >= 0.6 is 11.8 Å². The largest absolute Gasteiger partial charge is 0.348 e. The van der Waals surface area contributed by atoms with Gasteiger partial charge in [0.05, 0.1) is 5.75 Å². The van der Waals surface area contributed by atoms with Crippen LogP contribution in [0.2, 0.25) is 0 Å². The molecule has 1 amide bonds. The molecule has 1 aromatic rings. The number of likely N-dealkylation sites (N-methyl/N-ethyl adjacent to an activating group) is 1. The minimum Gasteiger partial charge on any atom is -0.342 e. The van der Waals surface area contributed by atoms with Crippen LogP contribution in [0.4, 0.5) is 0 Å². The third-order valence-electron chi connectivity index (χ3n) is 5.53. The lowest BCUT2D eigenvalue weighted by molar-refractivity contribution is -0.127. The highest BCUT2D eigenvalue weighted by molar-refractivity contribution is 7.99. The van der Waals surface area contributed by atoms with E-state index in [0.29, 0.717) is 12.3 Å². The van der Waals surface area contributed by atoms with Gasteiger partial charge >= 0.3 is 5.69 Å². The first-order valence-electron chi connectivity index (χ1n) is 9.89. The topological polar surface area (TPSA) is 58.4 Å². The number of carbonyl (C=O) groups excluding carboxylic acids is 1. The lowest BCUT2D eigenvalue weighted by Gasteiger charge is -2.20. The first-order chi connectivity index (χ1) is 12.6. The van der Waals surface area contributed by atoms with Crippen LogP contribution in [-0.2, 0) is 24.2 Å². The van der Waals surface area contributed by atoms with Crippen LogP contribution in [0.1, 0.15) is 44.4 Å². The fourth-order valence-electron chi connectivity index (χ4n) is 3.91. The summed E-state index contributed by atoms with van der Waals surface area (Å²) in [6.07, 6.45) is 5.19. The van der Waals surface area contributed by atoms with Gasteiger partial charge in [-0.1, -0.05) is 25.6 Å². The lowest BCUT2D eigenvalue weighted by Crippen LogP contribution is -2.34. The molecule has 1 aromatic heterocycles. The molecule has 0 atom stereocenters. The third kappa shape index (κ3) is 4.31. The highest BCUT2D eigenvalue weighted by atomic mass is 32.2. The Hall–Kier alpha value is -1.34. The van der Waals surface area contributed by atoms with Crippen LogP contribution in [-0.4, -0.2) is 63.7 Å². The van der Waals surface area contributed by atoms with Crippen molar-refractivity contribution >= 4 is 17.7 Å². The lowest BCUT2D eigenvalue weighted by atomic mass is 10.2. The van der Waals surface area contributed by atoms with Gasteiger partial charge in [0.15, 0.2) is 0 Å². The molecule has 3 rings (SSSR count). The summed E-state index contributed by atoms with van der Waals surface area (Å²) in [4.78, 5) is 33.5. The molecular formula is C19H30N4O2S. The number of carbonyl (C=O) groups is 1. The van der Waals surface area contributed by atoms with Crippen molar-refractivity contribution in [2.45, 2.75) is 57.5 Å². The van der Waals surface area contributed by atoms with E-state index in [2.05, 4.69) is 23.7 Å². The second-order valence-electron chi connectivity index (χ2n) is 7.03. The minimum absolute atomic E-state index is 0.158. The summed E-state index contributed by atoms with van der Waals surface area (Å²) in [6, 6.07) is 0. The van der Waals surface area contributed by atoms with Gasteiger partial charge in [0.1, 0.15) is 5.03 Å². The molecule has 26 heavy (non-hydrogen) atoms. The van der Waals surface area contributed by atoms with E-state index in [1.54, 1.807) is 0 Å². The summed E-state index contributed by atoms with van der Waals surface area (Å²) < 4.78 is 1.87. The van der Waals surface area contributed by atoms with Crippen molar-refractivity contribution in [2.24, 2.45) is 0 Å². The van der Waals surface area contributed by atoms with Crippen LogP contribution in [0, 0.1) is 0 Å². The van der Waals surface area contributed by atoms with E-state index in [1.807, 2.05) is 9.47 Å². The predicted molar refractivity (Wildman–Crippen MR) is 105 cm³/mol. The van der Waals surface area contributed by atoms with Gasteiger partial charge in [0.25, 0.3) is 0 Å². The summed E-state index contributed by atoms with van der Waals surface area (Å²) >= 11 is 1.45. The molecule has 144 valence electrons. The number of likely N-dealkylation sites (tertiary alicyclic amines) is 1. The van der Waals surface area contributed by atoms with Crippen LogP contribution in [0.3, 0.4) is 0 Å². The summed E-state index contributed by atoms with van der Waals surface area (Å²) in [5.41, 5.74) is 2.19. The van der Waals surface area contributed by atoms with Gasteiger partial charge < -0.3 is 9.80 Å². The molecule has 6 nitrogen and oxygen atoms in total. The number of rotatable bonds is 8. The number of fused-ring (bicyclic) bond motifs is 1. The minimum atomic E-state index is -0.158. The maximum absolute atomic E-state index is 12.6. The number of aromatic nitrogens is 2. The smallest absolute Gasteiger partial charge is 0.342 e. The molecule has 1 aliphatic heterocycles. The molecular weight excluding hydrogens is 348 g/mol. The number of nitrogens with zero attached hydrogens (tertiary/aromatic N) is 4. The van der Waals surface area contributed by atoms with Crippen LogP contribution < -0.4 is 5.69 Å². The molecule has 2 heterocycles. The molecule has 0 unspecified atom stereocenters. The summed E-state index contributed by atoms with van der Waals surface area (Å²) in [7, 11) is 0. The number of thioether (sulfide) groups is 1. The molecule has 0 bridgehead atoms. The Kier molecular flexibility index (Phi) is 6.75. The zero-order valence-electron chi connectivity index (χ0n) is 16.0. The highest BCUT2D eigenvalue weighted by Crippen LogP contribution is 2.29. The van der Waals surface area contributed by atoms with Crippen molar-refractivity contribution in [2.75, 3.05) is 38.5 Å². The van der Waals surface area contributed by atoms with Gasteiger partial charge in [-0.25, -0.2) is 4.79 Å². The molecule has 7 heteroatoms. The molecule has 0 N–H and O–H groups in total. The number of amides is 1. The van der Waals surface area contributed by atoms with Crippen molar-refractivity contribution in [3.05, 3.63) is 21.7 Å². The maximum atomic E-state index is 12.6. The second kappa shape index (κ2) is 9.04. The van der Waals surface area contributed by atoms with E-state index in [4.69, 9.17) is 0 Å². The van der Waals surface area contributed by atoms with E-state index in [-0.39, 0.29) is 11.6 Å². The van der Waals surface area contributed by atoms with Gasteiger partial charge in [0, 0.05) is 37.4 Å². The normalized spacial score (nSPS) is 16.5. The second-order valence-corrected chi connectivity index (χ2v) is 8.00. The fourth-order valence-corrected chi connectivity index (χ4v) is 4.88. The van der Waals surface area contributed by atoms with E-state index in [1.165, 1.54) is 17.3 Å². The molecule has 1 aliphatic carbocycles. The van der Waals surface area contributed by atoms with Crippen molar-refractivity contribution in [1.29, 1.82) is 0 Å². The fraction of sp³-hybridized carbons (Fsp3) is 0.737. The Bertz CT molecular complexity index is 694. The quantitative estimate of drug-likeness (QED) is 0.510. The third-order valence-corrected chi connectivity index (χ3v) is 6.53. The molecule has 1 fully saturated rings. The predicted octanol–water partition coefficient (Wildman–Crippen LogP) is 1.79. The van der Waals surface area contributed by atoms with Crippen molar-refractivity contribution in [3.8, 4) is 0 Å². The molecule has 0 aromatic carbocycles. The van der Waals surface area contributed by atoms with Gasteiger partial charge in [-0.3, -0.25) is 9.36 Å². The van der Waals surface area contributed by atoms with E-state index in [9.17, 15) is 9.59 Å². The Labute approximate surface area is 160 Å². The van der Waals surface area contributed by atoms with Crippen LogP contribution in [0.25, 0.3) is 0 Å². The zero-order chi connectivity index (χ0) is 18.5. The zero-order valence-corrected chi connectivity index (χ0v) is 16.8. The summed E-state index contributed by atoms with van der Waals surface area (Å²) in [5.74, 6) is 0.564.